The van der Waals surface area contributed by atoms with Gasteiger partial charge < -0.3 is 0 Å². The molecular weight excluding hydrogens is 288 g/mol. The van der Waals surface area contributed by atoms with Crippen LogP contribution in [-0.4, -0.2) is 30.0 Å². The van der Waals surface area contributed by atoms with Crippen LogP contribution in [0.25, 0.3) is 28.1 Å². The van der Waals surface area contributed by atoms with Gasteiger partial charge in [0, 0.05) is 5.56 Å². The van der Waals surface area contributed by atoms with Crippen molar-refractivity contribution in [3.05, 3.63) is 66.6 Å². The smallest absolute Gasteiger partial charge is 0.0911 e. The first-order valence-corrected chi connectivity index (χ1v) is 7.38. The molecule has 0 spiro atoms. The van der Waals surface area contributed by atoms with Crippen molar-refractivity contribution in [3.8, 4) is 28.1 Å². The van der Waals surface area contributed by atoms with Crippen molar-refractivity contribution < 1.29 is 0 Å². The molecule has 2 aromatic heterocycles. The first-order chi connectivity index (χ1) is 11.4. The van der Waals surface area contributed by atoms with Gasteiger partial charge in [0.05, 0.1) is 36.0 Å². The Morgan fingerprint density at radius 3 is 2.61 bits per heavy atom. The number of benzene rings is 2. The zero-order chi connectivity index (χ0) is 15.2. The lowest BCUT2D eigenvalue weighted by Crippen LogP contribution is -2.05. The van der Waals surface area contributed by atoms with Crippen LogP contribution in [0.2, 0.25) is 0 Å². The Hall–Kier alpha value is -3.28. The molecule has 1 aliphatic heterocycles. The fourth-order valence-electron chi connectivity index (χ4n) is 3.04. The van der Waals surface area contributed by atoms with E-state index in [0.29, 0.717) is 6.54 Å². The number of hydrogen-bond donors (Lipinski definition) is 0. The number of hydrogen-bond acceptors (Lipinski definition) is 4. The van der Waals surface area contributed by atoms with Crippen LogP contribution in [0.3, 0.4) is 0 Å². The third kappa shape index (κ3) is 1.81. The van der Waals surface area contributed by atoms with Gasteiger partial charge in [-0.1, -0.05) is 46.8 Å². The van der Waals surface area contributed by atoms with Crippen molar-refractivity contribution in [2.45, 2.75) is 6.54 Å². The van der Waals surface area contributed by atoms with Gasteiger partial charge in [0.15, 0.2) is 0 Å². The molecule has 0 saturated heterocycles. The van der Waals surface area contributed by atoms with Gasteiger partial charge in [-0.25, -0.2) is 9.36 Å². The minimum absolute atomic E-state index is 0.609. The molecule has 3 heterocycles. The summed E-state index contributed by atoms with van der Waals surface area (Å²) in [6.07, 6.45) is 3.57. The second kappa shape index (κ2) is 4.61. The lowest BCUT2D eigenvalue weighted by Gasteiger charge is -2.10. The van der Waals surface area contributed by atoms with E-state index in [0.717, 1.165) is 28.2 Å². The molecule has 0 radical (unpaired) electrons. The monoisotopic (exact) mass is 300 g/mol. The summed E-state index contributed by atoms with van der Waals surface area (Å²) in [4.78, 5) is 0. The Kier molecular flexibility index (Phi) is 2.46. The zero-order valence-electron chi connectivity index (χ0n) is 12.2. The topological polar surface area (TPSA) is 61.4 Å². The molecule has 0 N–H and O–H groups in total. The quantitative estimate of drug-likeness (QED) is 0.477. The first-order valence-electron chi connectivity index (χ1n) is 7.38. The van der Waals surface area contributed by atoms with E-state index in [-0.39, 0.29) is 0 Å². The van der Waals surface area contributed by atoms with Crippen LogP contribution in [-0.2, 0) is 6.54 Å². The van der Waals surface area contributed by atoms with Crippen molar-refractivity contribution in [2.75, 3.05) is 0 Å². The second-order valence-corrected chi connectivity index (χ2v) is 5.51. The average molecular weight is 300 g/mol. The maximum Gasteiger partial charge on any atom is 0.0911 e. The van der Waals surface area contributed by atoms with Crippen molar-refractivity contribution in [3.63, 3.8) is 0 Å². The van der Waals surface area contributed by atoms with Gasteiger partial charge in [-0.2, -0.15) is 0 Å². The molecule has 2 aromatic carbocycles. The van der Waals surface area contributed by atoms with Gasteiger partial charge in [-0.15, -0.1) is 10.2 Å². The van der Waals surface area contributed by atoms with Crippen LogP contribution < -0.4 is 0 Å². The Labute approximate surface area is 132 Å². The zero-order valence-corrected chi connectivity index (χ0v) is 12.2. The summed E-state index contributed by atoms with van der Waals surface area (Å²) in [5.74, 6) is 0. The normalized spacial score (nSPS) is 12.2. The fourth-order valence-corrected chi connectivity index (χ4v) is 3.04. The van der Waals surface area contributed by atoms with Gasteiger partial charge in [-0.05, 0) is 23.3 Å². The summed E-state index contributed by atoms with van der Waals surface area (Å²) in [5.41, 5.74) is 6.35. The van der Waals surface area contributed by atoms with E-state index in [1.807, 2.05) is 27.6 Å². The van der Waals surface area contributed by atoms with E-state index < -0.39 is 0 Å². The van der Waals surface area contributed by atoms with E-state index >= 15 is 0 Å². The Balaban J connectivity index is 1.80. The maximum atomic E-state index is 4.26. The summed E-state index contributed by atoms with van der Waals surface area (Å²) in [6, 6.07) is 16.7. The van der Waals surface area contributed by atoms with Crippen molar-refractivity contribution in [2.24, 2.45) is 0 Å². The van der Waals surface area contributed by atoms with E-state index in [4.69, 9.17) is 0 Å². The van der Waals surface area contributed by atoms with Gasteiger partial charge >= 0.3 is 0 Å². The number of fused-ring (bicyclic) bond motifs is 5. The summed E-state index contributed by atoms with van der Waals surface area (Å²) in [7, 11) is 0. The average Bonchev–Trinajstić information content (AvgIpc) is 3.23. The highest BCUT2D eigenvalue weighted by Crippen LogP contribution is 2.33. The minimum Gasteiger partial charge on any atom is -0.239 e. The summed E-state index contributed by atoms with van der Waals surface area (Å²) < 4.78 is 3.76. The van der Waals surface area contributed by atoms with Gasteiger partial charge in [-0.3, -0.25) is 0 Å². The fraction of sp³-hybridized carbons (Fsp3) is 0.0588. The van der Waals surface area contributed by atoms with Crippen LogP contribution in [0.5, 0.6) is 0 Å². The van der Waals surface area contributed by atoms with Crippen molar-refractivity contribution in [1.29, 1.82) is 0 Å². The van der Waals surface area contributed by atoms with Crippen LogP contribution in [0.15, 0.2) is 60.9 Å². The number of rotatable bonds is 1. The largest absolute Gasteiger partial charge is 0.239 e. The molecule has 110 valence electrons. The third-order valence-corrected chi connectivity index (χ3v) is 4.16. The summed E-state index contributed by atoms with van der Waals surface area (Å²) in [6.45, 7) is 0.609. The molecule has 0 bridgehead atoms. The summed E-state index contributed by atoms with van der Waals surface area (Å²) >= 11 is 0. The number of nitrogens with zero attached hydrogens (tertiary/aromatic N) is 6. The molecular formula is C17H12N6. The van der Waals surface area contributed by atoms with Crippen LogP contribution >= 0.6 is 0 Å². The maximum absolute atomic E-state index is 4.26. The number of aromatic nitrogens is 6. The van der Waals surface area contributed by atoms with Gasteiger partial charge in [0.25, 0.3) is 0 Å². The predicted octanol–water partition coefficient (Wildman–Crippen LogP) is 2.55. The lowest BCUT2D eigenvalue weighted by atomic mass is 10.0. The summed E-state index contributed by atoms with van der Waals surface area (Å²) in [5, 5.41) is 16.5. The first kappa shape index (κ1) is 12.3. The highest BCUT2D eigenvalue weighted by atomic mass is 15.5. The Bertz CT molecular complexity index is 999. The molecule has 4 aromatic rings. The molecule has 0 atom stereocenters. The molecule has 0 unspecified atom stereocenters. The molecule has 5 rings (SSSR count). The molecule has 1 aliphatic rings. The van der Waals surface area contributed by atoms with Gasteiger partial charge in [0.2, 0.25) is 0 Å². The predicted molar refractivity (Wildman–Crippen MR) is 84.9 cm³/mol. The van der Waals surface area contributed by atoms with Crippen molar-refractivity contribution in [1.82, 2.24) is 30.0 Å². The van der Waals surface area contributed by atoms with E-state index in [1.165, 1.54) is 5.56 Å². The van der Waals surface area contributed by atoms with E-state index in [2.05, 4.69) is 51.0 Å². The highest BCUT2D eigenvalue weighted by molar-refractivity contribution is 5.77. The molecule has 6 heteroatoms. The highest BCUT2D eigenvalue weighted by Gasteiger charge is 2.21. The van der Waals surface area contributed by atoms with E-state index in [9.17, 15) is 0 Å². The Morgan fingerprint density at radius 1 is 0.826 bits per heavy atom. The molecule has 0 fully saturated rings. The van der Waals surface area contributed by atoms with E-state index in [1.54, 1.807) is 12.4 Å². The van der Waals surface area contributed by atoms with Crippen molar-refractivity contribution >= 4 is 0 Å². The minimum atomic E-state index is 0.609. The lowest BCUT2D eigenvalue weighted by molar-refractivity contribution is 0.633. The van der Waals surface area contributed by atoms with Gasteiger partial charge in [0.1, 0.15) is 0 Å². The standard InChI is InChI=1S/C17H12N6/c1-2-4-12(5-3-1)13-6-7-15-16(8-13)23-14(9-18-21-23)11-22-17(15)10-19-20-22/h1-10H,11H2. The van der Waals surface area contributed by atoms with Crippen LogP contribution in [0, 0.1) is 0 Å². The Morgan fingerprint density at radius 2 is 1.70 bits per heavy atom. The molecule has 0 aliphatic carbocycles. The third-order valence-electron chi connectivity index (χ3n) is 4.16. The second-order valence-electron chi connectivity index (χ2n) is 5.51. The van der Waals surface area contributed by atoms with Crippen LogP contribution in [0.1, 0.15) is 5.69 Å². The molecule has 0 saturated carbocycles. The molecule has 23 heavy (non-hydrogen) atoms. The SMILES string of the molecule is c1ccc(-c2ccc3c(c2)-n2nncc2Cn2nncc2-3)cc1. The molecule has 0 amide bonds. The molecule has 6 nitrogen and oxygen atoms in total. The van der Waals surface area contributed by atoms with Crippen LogP contribution in [0.4, 0.5) is 0 Å².